The Balaban J connectivity index is 1.91. The molecule has 0 saturated carbocycles. The summed E-state index contributed by atoms with van der Waals surface area (Å²) >= 11 is 0. The van der Waals surface area contributed by atoms with Gasteiger partial charge in [-0.15, -0.1) is 0 Å². The summed E-state index contributed by atoms with van der Waals surface area (Å²) in [5, 5.41) is 15.4. The maximum Gasteiger partial charge on any atom is 0.123 e. The average molecular weight is 277 g/mol. The van der Waals surface area contributed by atoms with Crippen molar-refractivity contribution in [2.75, 3.05) is 5.32 Å². The lowest BCUT2D eigenvalue weighted by Crippen LogP contribution is -2.02. The number of aromatic hydroxyl groups is 1. The van der Waals surface area contributed by atoms with Gasteiger partial charge in [0.15, 0.2) is 0 Å². The van der Waals surface area contributed by atoms with Gasteiger partial charge in [-0.1, -0.05) is 55.5 Å². The summed E-state index contributed by atoms with van der Waals surface area (Å²) < 4.78 is 0. The van der Waals surface area contributed by atoms with Crippen molar-refractivity contribution < 1.29 is 5.11 Å². The van der Waals surface area contributed by atoms with Crippen LogP contribution in [-0.2, 0) is 13.0 Å². The molecule has 0 heterocycles. The fourth-order valence-corrected chi connectivity index (χ4v) is 2.71. The first-order chi connectivity index (χ1) is 10.3. The van der Waals surface area contributed by atoms with Gasteiger partial charge in [0.25, 0.3) is 0 Å². The van der Waals surface area contributed by atoms with E-state index < -0.39 is 0 Å². The monoisotopic (exact) mass is 277 g/mol. The minimum atomic E-state index is 0.324. The standard InChI is InChI=1S/C19H19NO/c1-2-14-7-3-4-8-15(14)13-20-18-11-5-10-17-16(18)9-6-12-19(17)21/h3-12,20-21H,2,13H2,1H3. The summed E-state index contributed by atoms with van der Waals surface area (Å²) in [6, 6.07) is 20.1. The zero-order chi connectivity index (χ0) is 14.7. The highest BCUT2D eigenvalue weighted by Gasteiger charge is 2.05. The fourth-order valence-electron chi connectivity index (χ4n) is 2.71. The Bertz CT molecular complexity index is 764. The van der Waals surface area contributed by atoms with E-state index in [4.69, 9.17) is 0 Å². The van der Waals surface area contributed by atoms with Crippen molar-refractivity contribution in [3.05, 3.63) is 71.8 Å². The van der Waals surface area contributed by atoms with Crippen molar-refractivity contribution in [1.29, 1.82) is 0 Å². The van der Waals surface area contributed by atoms with Crippen molar-refractivity contribution in [3.63, 3.8) is 0 Å². The highest BCUT2D eigenvalue weighted by atomic mass is 16.3. The number of phenolic OH excluding ortho intramolecular Hbond substituents is 1. The van der Waals surface area contributed by atoms with Gasteiger partial charge in [0, 0.05) is 23.0 Å². The molecule has 0 aromatic heterocycles. The Morgan fingerprint density at radius 1 is 0.810 bits per heavy atom. The molecule has 106 valence electrons. The Labute approximate surface area is 125 Å². The van der Waals surface area contributed by atoms with E-state index in [9.17, 15) is 5.11 Å². The molecule has 0 bridgehead atoms. The van der Waals surface area contributed by atoms with Gasteiger partial charge in [0.1, 0.15) is 5.75 Å². The lowest BCUT2D eigenvalue weighted by atomic mass is 10.0. The van der Waals surface area contributed by atoms with Crippen LogP contribution < -0.4 is 5.32 Å². The van der Waals surface area contributed by atoms with E-state index in [1.165, 1.54) is 11.1 Å². The number of hydrogen-bond donors (Lipinski definition) is 2. The molecule has 0 spiro atoms. The van der Waals surface area contributed by atoms with E-state index in [1.54, 1.807) is 6.07 Å². The molecule has 0 aliphatic heterocycles. The second-order valence-corrected chi connectivity index (χ2v) is 5.15. The third-order valence-electron chi connectivity index (χ3n) is 3.87. The summed E-state index contributed by atoms with van der Waals surface area (Å²) in [7, 11) is 0. The van der Waals surface area contributed by atoms with Crippen molar-refractivity contribution in [3.8, 4) is 5.75 Å². The minimum Gasteiger partial charge on any atom is -0.507 e. The van der Waals surface area contributed by atoms with Crippen molar-refractivity contribution >= 4 is 16.5 Å². The molecule has 0 aliphatic rings. The molecular formula is C19H19NO. The molecule has 2 N–H and O–H groups in total. The smallest absolute Gasteiger partial charge is 0.123 e. The Morgan fingerprint density at radius 2 is 1.52 bits per heavy atom. The predicted octanol–water partition coefficient (Wildman–Crippen LogP) is 4.72. The second kappa shape index (κ2) is 5.88. The van der Waals surface area contributed by atoms with Crippen LogP contribution in [0.1, 0.15) is 18.1 Å². The number of rotatable bonds is 4. The minimum absolute atomic E-state index is 0.324. The van der Waals surface area contributed by atoms with Crippen LogP contribution >= 0.6 is 0 Å². The third kappa shape index (κ3) is 2.70. The van der Waals surface area contributed by atoms with Crippen molar-refractivity contribution in [2.45, 2.75) is 19.9 Å². The van der Waals surface area contributed by atoms with E-state index in [0.29, 0.717) is 5.75 Å². The molecule has 3 rings (SSSR count). The molecule has 3 aromatic rings. The molecule has 2 nitrogen and oxygen atoms in total. The molecule has 3 aromatic carbocycles. The van der Waals surface area contributed by atoms with Gasteiger partial charge >= 0.3 is 0 Å². The maximum absolute atomic E-state index is 9.94. The van der Waals surface area contributed by atoms with E-state index in [0.717, 1.165) is 29.4 Å². The highest BCUT2D eigenvalue weighted by Crippen LogP contribution is 2.30. The van der Waals surface area contributed by atoms with Crippen LogP contribution in [0.25, 0.3) is 10.8 Å². The first kappa shape index (κ1) is 13.5. The summed E-state index contributed by atoms with van der Waals surface area (Å²) in [5.41, 5.74) is 3.74. The molecule has 0 unspecified atom stereocenters. The van der Waals surface area contributed by atoms with E-state index in [-0.39, 0.29) is 0 Å². The maximum atomic E-state index is 9.94. The van der Waals surface area contributed by atoms with Crippen LogP contribution in [0.3, 0.4) is 0 Å². The average Bonchev–Trinajstić information content (AvgIpc) is 2.53. The largest absolute Gasteiger partial charge is 0.507 e. The Kier molecular flexibility index (Phi) is 3.78. The lowest BCUT2D eigenvalue weighted by Gasteiger charge is -2.13. The zero-order valence-corrected chi connectivity index (χ0v) is 12.1. The summed E-state index contributed by atoms with van der Waals surface area (Å²) in [5.74, 6) is 0.324. The van der Waals surface area contributed by atoms with Gasteiger partial charge < -0.3 is 10.4 Å². The van der Waals surface area contributed by atoms with E-state index >= 15 is 0 Å². The van der Waals surface area contributed by atoms with Crippen molar-refractivity contribution in [2.24, 2.45) is 0 Å². The third-order valence-corrected chi connectivity index (χ3v) is 3.87. The number of aryl methyl sites for hydroxylation is 1. The first-order valence-electron chi connectivity index (χ1n) is 7.31. The molecule has 0 radical (unpaired) electrons. The molecule has 0 fully saturated rings. The summed E-state index contributed by atoms with van der Waals surface area (Å²) in [6.07, 6.45) is 1.04. The van der Waals surface area contributed by atoms with Crippen LogP contribution in [0.5, 0.6) is 5.75 Å². The number of benzene rings is 3. The van der Waals surface area contributed by atoms with Crippen molar-refractivity contribution in [1.82, 2.24) is 0 Å². The van der Waals surface area contributed by atoms with Crippen LogP contribution in [-0.4, -0.2) is 5.11 Å². The van der Waals surface area contributed by atoms with E-state index in [1.807, 2.05) is 24.3 Å². The quantitative estimate of drug-likeness (QED) is 0.723. The number of hydrogen-bond acceptors (Lipinski definition) is 2. The topological polar surface area (TPSA) is 32.3 Å². The molecule has 21 heavy (non-hydrogen) atoms. The number of nitrogens with one attached hydrogen (secondary N) is 1. The SMILES string of the molecule is CCc1ccccc1CNc1cccc2c(O)cccc12. The predicted molar refractivity (Wildman–Crippen MR) is 88.8 cm³/mol. The molecule has 2 heteroatoms. The zero-order valence-electron chi connectivity index (χ0n) is 12.1. The molecule has 0 aliphatic carbocycles. The number of phenols is 1. The first-order valence-corrected chi connectivity index (χ1v) is 7.31. The summed E-state index contributed by atoms with van der Waals surface area (Å²) in [4.78, 5) is 0. The van der Waals surface area contributed by atoms with Gasteiger partial charge in [-0.2, -0.15) is 0 Å². The van der Waals surface area contributed by atoms with Gasteiger partial charge in [0.2, 0.25) is 0 Å². The van der Waals surface area contributed by atoms with Gasteiger partial charge in [0.05, 0.1) is 0 Å². The van der Waals surface area contributed by atoms with Gasteiger partial charge in [-0.25, -0.2) is 0 Å². The highest BCUT2D eigenvalue weighted by molar-refractivity contribution is 5.97. The Morgan fingerprint density at radius 3 is 2.33 bits per heavy atom. The normalized spacial score (nSPS) is 10.7. The second-order valence-electron chi connectivity index (χ2n) is 5.15. The van der Waals surface area contributed by atoms with Gasteiger partial charge in [-0.05, 0) is 29.7 Å². The van der Waals surface area contributed by atoms with E-state index in [2.05, 4.69) is 42.6 Å². The number of anilines is 1. The molecule has 0 amide bonds. The molecule has 0 atom stereocenters. The van der Waals surface area contributed by atoms with Crippen LogP contribution in [0.15, 0.2) is 60.7 Å². The van der Waals surface area contributed by atoms with Crippen LogP contribution in [0, 0.1) is 0 Å². The lowest BCUT2D eigenvalue weighted by molar-refractivity contribution is 0.481. The fraction of sp³-hybridized carbons (Fsp3) is 0.158. The summed E-state index contributed by atoms with van der Waals surface area (Å²) in [6.45, 7) is 2.97. The molecule has 0 saturated heterocycles. The Hall–Kier alpha value is -2.48. The number of fused-ring (bicyclic) bond motifs is 1. The van der Waals surface area contributed by atoms with Crippen LogP contribution in [0.4, 0.5) is 5.69 Å². The van der Waals surface area contributed by atoms with Crippen LogP contribution in [0.2, 0.25) is 0 Å². The van der Waals surface area contributed by atoms with Gasteiger partial charge in [-0.3, -0.25) is 0 Å². The molecular weight excluding hydrogens is 258 g/mol.